The molecule has 3 aromatic rings. The van der Waals surface area contributed by atoms with Gasteiger partial charge in [0.1, 0.15) is 41.4 Å². The average molecular weight is 548 g/mol. The number of nitrogen functional groups attached to an aromatic ring is 1. The van der Waals surface area contributed by atoms with Crippen LogP contribution in [0.1, 0.15) is 27.0 Å². The van der Waals surface area contributed by atoms with Gasteiger partial charge in [0, 0.05) is 0 Å². The van der Waals surface area contributed by atoms with E-state index in [1.165, 1.54) is 19.6 Å². The molecule has 15 heteroatoms. The van der Waals surface area contributed by atoms with E-state index in [0.717, 1.165) is 0 Å². The summed E-state index contributed by atoms with van der Waals surface area (Å²) in [6, 6.07) is 7.33. The fourth-order valence-electron chi connectivity index (χ4n) is 4.32. The summed E-state index contributed by atoms with van der Waals surface area (Å²) < 4.78 is 44.2. The van der Waals surface area contributed by atoms with E-state index in [4.69, 9.17) is 29.0 Å². The number of esters is 1. The maximum absolute atomic E-state index is 13.9. The van der Waals surface area contributed by atoms with Crippen molar-refractivity contribution in [3.63, 3.8) is 0 Å². The largest absolute Gasteiger partial charge is 0.462 e. The Kier molecular flexibility index (Phi) is 7.11. The second-order valence-corrected chi connectivity index (χ2v) is 11.1. The lowest BCUT2D eigenvalue weighted by Gasteiger charge is -2.32. The SMILES string of the molecule is CC(C)OC(=O)[C@@H](C)N[P@](=O)(OC[C@@]12CO[C@@H](C(n3cnc4c(N)ncnc43)O1)[C@@H]2O)Oc1ccccc1. The number of anilines is 1. The number of carbonyl (C=O) groups excluding carboxylic acids is 1. The first-order valence-corrected chi connectivity index (χ1v) is 13.5. The third-order valence-corrected chi connectivity index (χ3v) is 7.80. The van der Waals surface area contributed by atoms with Crippen molar-refractivity contribution in [1.82, 2.24) is 24.6 Å². The Morgan fingerprint density at radius 2 is 2.05 bits per heavy atom. The number of nitrogens with two attached hydrogens (primary N) is 1. The fraction of sp³-hybridized carbons (Fsp3) is 0.478. The number of carbonyl (C=O) groups is 1. The smallest absolute Gasteiger partial charge is 0.459 e. The van der Waals surface area contributed by atoms with Crippen LogP contribution in [0.3, 0.4) is 0 Å². The Balaban J connectivity index is 1.36. The number of benzene rings is 1. The maximum atomic E-state index is 13.9. The van der Waals surface area contributed by atoms with E-state index in [2.05, 4.69) is 20.0 Å². The number of aliphatic hydroxyl groups excluding tert-OH is 1. The van der Waals surface area contributed by atoms with E-state index in [1.807, 2.05) is 0 Å². The summed E-state index contributed by atoms with van der Waals surface area (Å²) in [5.74, 6) is -0.182. The topological polar surface area (TPSA) is 182 Å². The number of fused-ring (bicyclic) bond motifs is 3. The molecule has 2 aliphatic heterocycles. The molecular formula is C23H29N6O8P. The van der Waals surface area contributed by atoms with Gasteiger partial charge in [0.05, 0.1) is 25.6 Å². The van der Waals surface area contributed by atoms with Crippen LogP contribution in [0.4, 0.5) is 5.82 Å². The van der Waals surface area contributed by atoms with Crippen molar-refractivity contribution in [3.05, 3.63) is 43.0 Å². The number of para-hydroxylation sites is 1. The monoisotopic (exact) mass is 548 g/mol. The minimum Gasteiger partial charge on any atom is -0.462 e. The molecule has 5 rings (SSSR count). The molecule has 0 aliphatic carbocycles. The molecule has 0 spiro atoms. The molecule has 6 atom stereocenters. The zero-order valence-electron chi connectivity index (χ0n) is 21.0. The number of nitrogens with one attached hydrogen (secondary N) is 1. The number of rotatable bonds is 10. The molecule has 2 aromatic heterocycles. The lowest BCUT2D eigenvalue weighted by molar-refractivity contribution is -0.183. The van der Waals surface area contributed by atoms with Crippen molar-refractivity contribution in [3.8, 4) is 5.75 Å². The lowest BCUT2D eigenvalue weighted by atomic mass is 10.0. The van der Waals surface area contributed by atoms with Crippen LogP contribution in [-0.2, 0) is 28.1 Å². The van der Waals surface area contributed by atoms with Gasteiger partial charge in [0.2, 0.25) is 0 Å². The Bertz CT molecular complexity index is 1360. The summed E-state index contributed by atoms with van der Waals surface area (Å²) in [7, 11) is -4.19. The molecule has 2 fully saturated rings. The molecule has 0 amide bonds. The summed E-state index contributed by atoms with van der Waals surface area (Å²) in [6.45, 7) is 4.48. The third kappa shape index (κ3) is 4.98. The molecular weight excluding hydrogens is 519 g/mol. The average Bonchev–Trinajstić information content (AvgIpc) is 3.53. The van der Waals surface area contributed by atoms with Gasteiger partial charge >= 0.3 is 13.7 Å². The van der Waals surface area contributed by atoms with Gasteiger partial charge in [-0.1, -0.05) is 18.2 Å². The zero-order valence-corrected chi connectivity index (χ0v) is 21.9. The number of aromatic nitrogens is 4. The fourth-order valence-corrected chi connectivity index (χ4v) is 5.87. The minimum atomic E-state index is -4.19. The number of aliphatic hydroxyl groups is 1. The Morgan fingerprint density at radius 3 is 2.79 bits per heavy atom. The predicted octanol–water partition coefficient (Wildman–Crippen LogP) is 1.57. The Labute approximate surface area is 218 Å². The Morgan fingerprint density at radius 1 is 1.29 bits per heavy atom. The van der Waals surface area contributed by atoms with Crippen molar-refractivity contribution in [2.45, 2.75) is 57.0 Å². The van der Waals surface area contributed by atoms with Gasteiger partial charge in [-0.25, -0.2) is 19.5 Å². The number of hydrogen-bond acceptors (Lipinski definition) is 12. The van der Waals surface area contributed by atoms with Crippen molar-refractivity contribution in [2.24, 2.45) is 0 Å². The van der Waals surface area contributed by atoms with E-state index < -0.39 is 43.8 Å². The van der Waals surface area contributed by atoms with E-state index in [0.29, 0.717) is 11.2 Å². The van der Waals surface area contributed by atoms with Gasteiger partial charge in [-0.2, -0.15) is 5.09 Å². The first-order valence-electron chi connectivity index (χ1n) is 12.0. The number of nitrogens with zero attached hydrogens (tertiary/aromatic N) is 4. The van der Waals surface area contributed by atoms with Gasteiger partial charge in [0.25, 0.3) is 0 Å². The first kappa shape index (κ1) is 26.5. The van der Waals surface area contributed by atoms with E-state index in [9.17, 15) is 14.5 Å². The second-order valence-electron chi connectivity index (χ2n) is 9.39. The molecule has 4 heterocycles. The van der Waals surface area contributed by atoms with E-state index in [-0.39, 0.29) is 30.9 Å². The molecule has 1 aromatic carbocycles. The van der Waals surface area contributed by atoms with Crippen LogP contribution in [0.25, 0.3) is 11.2 Å². The normalized spacial score (nSPS) is 26.9. The third-order valence-electron chi connectivity index (χ3n) is 6.17. The molecule has 1 unspecified atom stereocenters. The summed E-state index contributed by atoms with van der Waals surface area (Å²) >= 11 is 0. The molecule has 2 saturated heterocycles. The van der Waals surface area contributed by atoms with Crippen LogP contribution < -0.4 is 15.3 Å². The highest BCUT2D eigenvalue weighted by atomic mass is 31.2. The molecule has 38 heavy (non-hydrogen) atoms. The number of imidazole rings is 1. The van der Waals surface area contributed by atoms with Crippen molar-refractivity contribution < 1.29 is 37.7 Å². The van der Waals surface area contributed by atoms with Gasteiger partial charge in [-0.05, 0) is 32.9 Å². The highest BCUT2D eigenvalue weighted by molar-refractivity contribution is 7.52. The zero-order chi connectivity index (χ0) is 27.1. The molecule has 2 aliphatic rings. The van der Waals surface area contributed by atoms with Crippen LogP contribution in [0.2, 0.25) is 0 Å². The van der Waals surface area contributed by atoms with Crippen LogP contribution in [0.5, 0.6) is 5.75 Å². The standard InChI is InChI=1S/C23H29N6O8P/c1-13(2)35-22(31)14(3)28-38(32,37-15-7-5-4-6-8-15)34-10-23-9-33-17(18(23)30)21(36-23)29-12-27-16-19(24)25-11-26-20(16)29/h4-8,11-14,17-18,21,30H,9-10H2,1-3H3,(H,28,32)(H2,24,25,26)/t14-,17-,18+,21?,23-,38+/m1/s1. The molecule has 0 radical (unpaired) electrons. The molecule has 0 saturated carbocycles. The minimum absolute atomic E-state index is 0.0324. The predicted molar refractivity (Wildman–Crippen MR) is 133 cm³/mol. The first-order chi connectivity index (χ1) is 18.1. The highest BCUT2D eigenvalue weighted by Gasteiger charge is 2.63. The van der Waals surface area contributed by atoms with Gasteiger partial charge in [0.15, 0.2) is 17.7 Å². The van der Waals surface area contributed by atoms with Crippen molar-refractivity contribution in [2.75, 3.05) is 18.9 Å². The van der Waals surface area contributed by atoms with Gasteiger partial charge in [-0.15, -0.1) is 0 Å². The molecule has 2 bridgehead atoms. The summed E-state index contributed by atoms with van der Waals surface area (Å²) in [4.78, 5) is 24.8. The number of ether oxygens (including phenoxy) is 3. The van der Waals surface area contributed by atoms with Gasteiger partial charge in [-0.3, -0.25) is 13.9 Å². The van der Waals surface area contributed by atoms with Crippen LogP contribution in [0.15, 0.2) is 43.0 Å². The van der Waals surface area contributed by atoms with Crippen molar-refractivity contribution in [1.29, 1.82) is 0 Å². The molecule has 204 valence electrons. The van der Waals surface area contributed by atoms with E-state index in [1.54, 1.807) is 48.7 Å². The molecule has 4 N–H and O–H groups in total. The van der Waals surface area contributed by atoms with Gasteiger partial charge < -0.3 is 29.6 Å². The van der Waals surface area contributed by atoms with Crippen LogP contribution >= 0.6 is 7.75 Å². The summed E-state index contributed by atoms with van der Waals surface area (Å²) in [5, 5.41) is 13.7. The maximum Gasteiger partial charge on any atom is 0.459 e. The highest BCUT2D eigenvalue weighted by Crippen LogP contribution is 2.50. The quantitative estimate of drug-likeness (QED) is 0.245. The van der Waals surface area contributed by atoms with Crippen LogP contribution in [-0.4, -0.2) is 73.8 Å². The van der Waals surface area contributed by atoms with E-state index >= 15 is 0 Å². The number of hydrogen-bond donors (Lipinski definition) is 3. The Hall–Kier alpha value is -3.13. The lowest BCUT2D eigenvalue weighted by Crippen LogP contribution is -2.46. The van der Waals surface area contributed by atoms with Crippen LogP contribution in [0, 0.1) is 0 Å². The summed E-state index contributed by atoms with van der Waals surface area (Å²) in [6.07, 6.45) is -0.338. The summed E-state index contributed by atoms with van der Waals surface area (Å²) in [5.41, 5.74) is 5.29. The second kappa shape index (κ2) is 10.2. The van der Waals surface area contributed by atoms with Crippen molar-refractivity contribution >= 4 is 30.7 Å². The molecule has 14 nitrogen and oxygen atoms in total.